The van der Waals surface area contributed by atoms with Crippen LogP contribution in [0.3, 0.4) is 0 Å². The monoisotopic (exact) mass is 639 g/mol. The molecule has 1 fully saturated rings. The van der Waals surface area contributed by atoms with E-state index in [0.29, 0.717) is 47.5 Å². The summed E-state index contributed by atoms with van der Waals surface area (Å²) < 4.78 is 6.46. The molecule has 3 atom stereocenters. The summed E-state index contributed by atoms with van der Waals surface area (Å²) in [5.74, 6) is 0.0929. The van der Waals surface area contributed by atoms with Crippen molar-refractivity contribution in [1.82, 2.24) is 25.5 Å². The van der Waals surface area contributed by atoms with Crippen molar-refractivity contribution in [2.75, 3.05) is 31.3 Å². The number of ether oxygens (including phenoxy) is 1. The minimum Gasteiger partial charge on any atom is -0.494 e. The number of hydrogen-bond acceptors (Lipinski definition) is 8. The summed E-state index contributed by atoms with van der Waals surface area (Å²) in [6.45, 7) is 7.84. The Hall–Kier alpha value is -3.77. The number of para-hydroxylation sites is 1. The second-order valence-electron chi connectivity index (χ2n) is 11.4. The number of nitrogens with zero attached hydrogens (tertiary/aromatic N) is 3. The zero-order valence-corrected chi connectivity index (χ0v) is 26.3. The van der Waals surface area contributed by atoms with Crippen LogP contribution in [-0.2, 0) is 14.4 Å². The molecule has 1 aliphatic rings. The summed E-state index contributed by atoms with van der Waals surface area (Å²) in [6.07, 6.45) is 2.64. The highest BCUT2D eigenvalue weighted by atomic mass is 79.9. The number of likely N-dealkylation sites (tertiary alicyclic amines) is 1. The molecule has 42 heavy (non-hydrogen) atoms. The van der Waals surface area contributed by atoms with Crippen molar-refractivity contribution >= 4 is 61.7 Å². The molecule has 1 aromatic heterocycles. The summed E-state index contributed by atoms with van der Waals surface area (Å²) in [7, 11) is 3.21. The summed E-state index contributed by atoms with van der Waals surface area (Å²) >= 11 is 3.55. The Bertz CT molecular complexity index is 1480. The quantitative estimate of drug-likeness (QED) is 0.273. The van der Waals surface area contributed by atoms with Crippen LogP contribution < -0.4 is 26.0 Å². The normalized spacial score (nSPS) is 16.5. The summed E-state index contributed by atoms with van der Waals surface area (Å²) in [4.78, 5) is 50.6. The second kappa shape index (κ2) is 13.0. The van der Waals surface area contributed by atoms with Crippen LogP contribution in [0.4, 0.5) is 17.2 Å². The number of benzene rings is 2. The Morgan fingerprint density at radius 1 is 1.12 bits per heavy atom. The number of carbonyl (C=O) groups is 3. The fraction of sp³-hybridized carbons (Fsp3) is 0.433. The van der Waals surface area contributed by atoms with E-state index < -0.39 is 23.5 Å². The number of anilines is 3. The Morgan fingerprint density at radius 2 is 1.86 bits per heavy atom. The third-order valence-electron chi connectivity index (χ3n) is 7.41. The predicted molar refractivity (Wildman–Crippen MR) is 167 cm³/mol. The van der Waals surface area contributed by atoms with Crippen molar-refractivity contribution in [1.29, 1.82) is 0 Å². The molecule has 1 unspecified atom stereocenters. The van der Waals surface area contributed by atoms with E-state index in [1.165, 1.54) is 13.4 Å². The average molecular weight is 641 g/mol. The van der Waals surface area contributed by atoms with E-state index in [1.54, 1.807) is 31.0 Å². The molecule has 11 nitrogen and oxygen atoms in total. The molecule has 12 heteroatoms. The number of likely N-dealkylation sites (N-methyl/N-ethyl adjacent to an activating group) is 1. The third kappa shape index (κ3) is 6.81. The molecule has 3 amide bonds. The lowest BCUT2D eigenvalue weighted by atomic mass is 9.85. The molecule has 0 bridgehead atoms. The molecule has 1 aliphatic heterocycles. The van der Waals surface area contributed by atoms with Crippen LogP contribution in [0.5, 0.6) is 5.75 Å². The van der Waals surface area contributed by atoms with Gasteiger partial charge in [0.1, 0.15) is 30.0 Å². The maximum absolute atomic E-state index is 13.8. The molecular formula is C30H38BrN7O4. The summed E-state index contributed by atoms with van der Waals surface area (Å²) in [5, 5.41) is 12.8. The van der Waals surface area contributed by atoms with Crippen LogP contribution in [0, 0.1) is 5.41 Å². The largest absolute Gasteiger partial charge is 0.494 e. The van der Waals surface area contributed by atoms with Crippen LogP contribution in [0.15, 0.2) is 47.2 Å². The van der Waals surface area contributed by atoms with Crippen molar-refractivity contribution < 1.29 is 19.1 Å². The summed E-state index contributed by atoms with van der Waals surface area (Å²) in [6, 6.07) is 9.22. The van der Waals surface area contributed by atoms with E-state index in [2.05, 4.69) is 47.2 Å². The molecule has 3 aromatic rings. The lowest BCUT2D eigenvalue weighted by molar-refractivity contribution is -0.143. The molecule has 2 heterocycles. The van der Waals surface area contributed by atoms with Gasteiger partial charge in [-0.15, -0.1) is 0 Å². The number of nitrogens with one attached hydrogen (secondary N) is 4. The number of halogens is 1. The zero-order valence-electron chi connectivity index (χ0n) is 24.7. The van der Waals surface area contributed by atoms with Gasteiger partial charge in [0.25, 0.3) is 0 Å². The molecule has 0 aliphatic carbocycles. The first kappa shape index (κ1) is 31.2. The molecule has 1 saturated heterocycles. The van der Waals surface area contributed by atoms with Crippen molar-refractivity contribution in [2.24, 2.45) is 5.41 Å². The molecule has 224 valence electrons. The van der Waals surface area contributed by atoms with Crippen LogP contribution in [-0.4, -0.2) is 71.4 Å². The Balaban J connectivity index is 1.60. The van der Waals surface area contributed by atoms with Crippen LogP contribution in [0.25, 0.3) is 10.9 Å². The van der Waals surface area contributed by atoms with E-state index >= 15 is 0 Å². The van der Waals surface area contributed by atoms with Crippen LogP contribution in [0.2, 0.25) is 0 Å². The molecular weight excluding hydrogens is 602 g/mol. The van der Waals surface area contributed by atoms with Crippen molar-refractivity contribution in [3.8, 4) is 5.75 Å². The van der Waals surface area contributed by atoms with E-state index in [0.717, 1.165) is 10.2 Å². The van der Waals surface area contributed by atoms with Gasteiger partial charge < -0.3 is 30.9 Å². The molecule has 4 N–H and O–H groups in total. The highest BCUT2D eigenvalue weighted by Crippen LogP contribution is 2.35. The minimum atomic E-state index is -0.799. The van der Waals surface area contributed by atoms with Gasteiger partial charge in [-0.2, -0.15) is 0 Å². The maximum atomic E-state index is 13.8. The number of aromatic nitrogens is 2. The topological polar surface area (TPSA) is 138 Å². The Kier molecular flexibility index (Phi) is 9.67. The molecule has 0 saturated carbocycles. The maximum Gasteiger partial charge on any atom is 0.247 e. The fourth-order valence-electron chi connectivity index (χ4n) is 4.87. The predicted octanol–water partition coefficient (Wildman–Crippen LogP) is 4.21. The minimum absolute atomic E-state index is 0.277. The highest BCUT2D eigenvalue weighted by molar-refractivity contribution is 9.10. The van der Waals surface area contributed by atoms with Crippen molar-refractivity contribution in [3.05, 3.63) is 47.2 Å². The fourth-order valence-corrected chi connectivity index (χ4v) is 5.26. The van der Waals surface area contributed by atoms with Crippen molar-refractivity contribution in [2.45, 2.75) is 58.7 Å². The van der Waals surface area contributed by atoms with Gasteiger partial charge >= 0.3 is 0 Å². The Labute approximate surface area is 254 Å². The van der Waals surface area contributed by atoms with Crippen LogP contribution in [0.1, 0.15) is 40.5 Å². The standard InChI is InChI=1S/C30H38BrN7O4/c1-17(32-5)27(39)37-25(30(2,3)4)29(41)38-13-9-12-23(38)28(40)36-22-14-18-21(15-24(22)42-6)33-16-34-26(18)35-20-11-8-7-10-19(20)31/h7-8,10-11,14-17,23,25,32H,9,12-13H2,1-6H3,(H,36,40)(H,37,39)(H,33,34,35)/t17-,23?,25+/m0/s1. The van der Waals surface area contributed by atoms with Gasteiger partial charge in [-0.25, -0.2) is 9.97 Å². The molecule has 4 rings (SSSR count). The third-order valence-corrected chi connectivity index (χ3v) is 8.10. The van der Waals surface area contributed by atoms with Gasteiger partial charge in [0, 0.05) is 22.5 Å². The second-order valence-corrected chi connectivity index (χ2v) is 12.2. The molecule has 0 radical (unpaired) electrons. The first-order chi connectivity index (χ1) is 19.9. The number of amides is 3. The van der Waals surface area contributed by atoms with Gasteiger partial charge in [-0.1, -0.05) is 32.9 Å². The highest BCUT2D eigenvalue weighted by Gasteiger charge is 2.42. The number of hydrogen-bond donors (Lipinski definition) is 4. The van der Waals surface area contributed by atoms with Gasteiger partial charge in [-0.3, -0.25) is 14.4 Å². The van der Waals surface area contributed by atoms with E-state index in [-0.39, 0.29) is 17.7 Å². The van der Waals surface area contributed by atoms with E-state index in [4.69, 9.17) is 4.74 Å². The Morgan fingerprint density at radius 3 is 2.52 bits per heavy atom. The van der Waals surface area contributed by atoms with Gasteiger partial charge in [0.2, 0.25) is 17.7 Å². The molecule has 0 spiro atoms. The van der Waals surface area contributed by atoms with E-state index in [9.17, 15) is 14.4 Å². The van der Waals surface area contributed by atoms with E-state index in [1.807, 2.05) is 45.0 Å². The van der Waals surface area contributed by atoms with Gasteiger partial charge in [0.05, 0.1) is 30.0 Å². The summed E-state index contributed by atoms with van der Waals surface area (Å²) in [5.41, 5.74) is 1.32. The first-order valence-corrected chi connectivity index (χ1v) is 14.7. The number of rotatable bonds is 9. The number of methoxy groups -OCH3 is 1. The SMILES string of the molecule is CN[C@@H](C)C(=O)N[C@H](C(=O)N1CCCC1C(=O)Nc1cc2c(Nc3ccccc3Br)ncnc2cc1OC)C(C)(C)C. The van der Waals surface area contributed by atoms with Crippen molar-refractivity contribution in [3.63, 3.8) is 0 Å². The van der Waals surface area contributed by atoms with Crippen LogP contribution >= 0.6 is 15.9 Å². The lowest BCUT2D eigenvalue weighted by Gasteiger charge is -2.36. The van der Waals surface area contributed by atoms with Gasteiger partial charge in [-0.05, 0) is 66.4 Å². The smallest absolute Gasteiger partial charge is 0.247 e. The number of carbonyl (C=O) groups excluding carboxylic acids is 3. The first-order valence-electron chi connectivity index (χ1n) is 13.9. The molecule has 2 aromatic carbocycles. The lowest BCUT2D eigenvalue weighted by Crippen LogP contribution is -2.59. The van der Waals surface area contributed by atoms with Gasteiger partial charge in [0.15, 0.2) is 0 Å². The zero-order chi connectivity index (χ0) is 30.6. The average Bonchev–Trinajstić information content (AvgIpc) is 3.46. The number of fused-ring (bicyclic) bond motifs is 1.